The molecule has 0 aliphatic heterocycles. The summed E-state index contributed by atoms with van der Waals surface area (Å²) in [6.07, 6.45) is 1.85. The van der Waals surface area contributed by atoms with E-state index in [4.69, 9.17) is 9.47 Å². The highest BCUT2D eigenvalue weighted by Crippen LogP contribution is 2.19. The van der Waals surface area contributed by atoms with Crippen molar-refractivity contribution < 1.29 is 9.47 Å². The molecule has 0 bridgehead atoms. The van der Waals surface area contributed by atoms with Gasteiger partial charge in [-0.2, -0.15) is 5.10 Å². The SMILES string of the molecule is CCc1nn(C)c(CC)c1CNC(=NC)NCC(C)Oc1cccc(OC)c1. The van der Waals surface area contributed by atoms with E-state index in [0.29, 0.717) is 13.1 Å². The molecule has 1 unspecified atom stereocenters. The number of aryl methyl sites for hydroxylation is 2. The van der Waals surface area contributed by atoms with Gasteiger partial charge in [0.15, 0.2) is 5.96 Å². The fourth-order valence-corrected chi connectivity index (χ4v) is 3.18. The van der Waals surface area contributed by atoms with Crippen molar-refractivity contribution in [3.05, 3.63) is 41.2 Å². The topological polar surface area (TPSA) is 72.7 Å². The van der Waals surface area contributed by atoms with Gasteiger partial charge in [0.2, 0.25) is 0 Å². The largest absolute Gasteiger partial charge is 0.497 e. The first-order valence-electron chi connectivity index (χ1n) is 9.81. The molecule has 0 saturated carbocycles. The monoisotopic (exact) mass is 387 g/mol. The fraction of sp³-hybridized carbons (Fsp3) is 0.524. The van der Waals surface area contributed by atoms with Crippen LogP contribution in [0.4, 0.5) is 0 Å². The summed E-state index contributed by atoms with van der Waals surface area (Å²) in [6.45, 7) is 7.64. The number of guanidine groups is 1. The minimum absolute atomic E-state index is 0.0264. The van der Waals surface area contributed by atoms with E-state index >= 15 is 0 Å². The van der Waals surface area contributed by atoms with E-state index < -0.39 is 0 Å². The van der Waals surface area contributed by atoms with Gasteiger partial charge in [-0.15, -0.1) is 0 Å². The summed E-state index contributed by atoms with van der Waals surface area (Å²) in [5.41, 5.74) is 3.66. The maximum absolute atomic E-state index is 5.95. The van der Waals surface area contributed by atoms with Gasteiger partial charge >= 0.3 is 0 Å². The zero-order chi connectivity index (χ0) is 20.5. The van der Waals surface area contributed by atoms with Crippen LogP contribution in [0.15, 0.2) is 29.3 Å². The number of rotatable bonds is 9. The maximum atomic E-state index is 5.95. The second-order valence-corrected chi connectivity index (χ2v) is 6.62. The Morgan fingerprint density at radius 2 is 1.96 bits per heavy atom. The summed E-state index contributed by atoms with van der Waals surface area (Å²) < 4.78 is 13.2. The van der Waals surface area contributed by atoms with Crippen LogP contribution in [0.25, 0.3) is 0 Å². The number of nitrogens with one attached hydrogen (secondary N) is 2. The first kappa shape index (κ1) is 21.6. The minimum Gasteiger partial charge on any atom is -0.497 e. The molecule has 0 amide bonds. The van der Waals surface area contributed by atoms with Crippen molar-refractivity contribution in [1.82, 2.24) is 20.4 Å². The average molecular weight is 388 g/mol. The summed E-state index contributed by atoms with van der Waals surface area (Å²) >= 11 is 0. The summed E-state index contributed by atoms with van der Waals surface area (Å²) in [5.74, 6) is 2.31. The van der Waals surface area contributed by atoms with Crippen LogP contribution in [0, 0.1) is 0 Å². The second kappa shape index (κ2) is 10.6. The molecule has 0 spiro atoms. The summed E-state index contributed by atoms with van der Waals surface area (Å²) in [6, 6.07) is 7.62. The zero-order valence-electron chi connectivity index (χ0n) is 17.9. The number of hydrogen-bond acceptors (Lipinski definition) is 4. The highest BCUT2D eigenvalue weighted by atomic mass is 16.5. The lowest BCUT2D eigenvalue weighted by Gasteiger charge is -2.18. The van der Waals surface area contributed by atoms with E-state index in [1.165, 1.54) is 11.3 Å². The quantitative estimate of drug-likeness (QED) is 0.511. The molecule has 0 saturated heterocycles. The van der Waals surface area contributed by atoms with Gasteiger partial charge in [-0.3, -0.25) is 9.67 Å². The van der Waals surface area contributed by atoms with Crippen molar-refractivity contribution in [1.29, 1.82) is 0 Å². The Balaban J connectivity index is 1.89. The molecule has 0 aliphatic carbocycles. The first-order valence-corrected chi connectivity index (χ1v) is 9.81. The Kier molecular flexibility index (Phi) is 8.17. The van der Waals surface area contributed by atoms with Gasteiger partial charge in [-0.1, -0.05) is 19.9 Å². The molecular weight excluding hydrogens is 354 g/mol. The van der Waals surface area contributed by atoms with Gasteiger partial charge in [0, 0.05) is 38.0 Å². The summed E-state index contributed by atoms with van der Waals surface area (Å²) in [4.78, 5) is 4.32. The molecule has 2 N–H and O–H groups in total. The molecule has 1 aromatic heterocycles. The lowest BCUT2D eigenvalue weighted by atomic mass is 10.1. The summed E-state index contributed by atoms with van der Waals surface area (Å²) in [7, 11) is 5.43. The molecule has 2 rings (SSSR count). The third kappa shape index (κ3) is 5.65. The van der Waals surface area contributed by atoms with Crippen LogP contribution < -0.4 is 20.1 Å². The molecule has 1 heterocycles. The predicted molar refractivity (Wildman–Crippen MR) is 113 cm³/mol. The van der Waals surface area contributed by atoms with Crippen LogP contribution in [0.3, 0.4) is 0 Å². The van der Waals surface area contributed by atoms with Crippen LogP contribution in [-0.2, 0) is 26.4 Å². The molecule has 7 nitrogen and oxygen atoms in total. The Labute approximate surface area is 168 Å². The molecule has 7 heteroatoms. The van der Waals surface area contributed by atoms with E-state index in [9.17, 15) is 0 Å². The van der Waals surface area contributed by atoms with Crippen LogP contribution >= 0.6 is 0 Å². The number of nitrogens with zero attached hydrogens (tertiary/aromatic N) is 3. The van der Waals surface area contributed by atoms with Crippen LogP contribution in [0.5, 0.6) is 11.5 Å². The minimum atomic E-state index is -0.0264. The van der Waals surface area contributed by atoms with Gasteiger partial charge in [0.05, 0.1) is 19.3 Å². The van der Waals surface area contributed by atoms with Gasteiger partial charge in [-0.05, 0) is 31.9 Å². The van der Waals surface area contributed by atoms with Crippen LogP contribution in [-0.4, -0.2) is 42.5 Å². The van der Waals surface area contributed by atoms with E-state index in [2.05, 4.69) is 34.6 Å². The van der Waals surface area contributed by atoms with Crippen LogP contribution in [0.1, 0.15) is 37.7 Å². The molecule has 0 aliphatic rings. The Morgan fingerprint density at radius 1 is 1.21 bits per heavy atom. The zero-order valence-corrected chi connectivity index (χ0v) is 17.9. The third-order valence-corrected chi connectivity index (χ3v) is 4.62. The van der Waals surface area contributed by atoms with E-state index in [1.54, 1.807) is 14.2 Å². The second-order valence-electron chi connectivity index (χ2n) is 6.62. The van der Waals surface area contributed by atoms with Gasteiger partial charge < -0.3 is 20.1 Å². The molecule has 0 radical (unpaired) electrons. The lowest BCUT2D eigenvalue weighted by Crippen LogP contribution is -2.41. The van der Waals surface area contributed by atoms with Crippen molar-refractivity contribution in [2.75, 3.05) is 20.7 Å². The van der Waals surface area contributed by atoms with Gasteiger partial charge in [-0.25, -0.2) is 0 Å². The number of methoxy groups -OCH3 is 1. The van der Waals surface area contributed by atoms with Crippen molar-refractivity contribution in [2.24, 2.45) is 12.0 Å². The number of aromatic nitrogens is 2. The van der Waals surface area contributed by atoms with E-state index in [0.717, 1.165) is 36.0 Å². The third-order valence-electron chi connectivity index (χ3n) is 4.62. The Hall–Kier alpha value is -2.70. The van der Waals surface area contributed by atoms with Crippen molar-refractivity contribution in [3.63, 3.8) is 0 Å². The average Bonchev–Trinajstić information content (AvgIpc) is 3.02. The first-order chi connectivity index (χ1) is 13.5. The summed E-state index contributed by atoms with van der Waals surface area (Å²) in [5, 5.41) is 11.3. The van der Waals surface area contributed by atoms with Gasteiger partial charge in [0.25, 0.3) is 0 Å². The van der Waals surface area contributed by atoms with E-state index in [1.807, 2.05) is 42.9 Å². The van der Waals surface area contributed by atoms with Crippen LogP contribution in [0.2, 0.25) is 0 Å². The number of ether oxygens (including phenoxy) is 2. The standard InChI is InChI=1S/C21H33N5O2/c1-7-19-18(20(8-2)26(5)25-19)14-24-21(22-4)23-13-15(3)28-17-11-9-10-16(12-17)27-6/h9-12,15H,7-8,13-14H2,1-6H3,(H2,22,23,24). The van der Waals surface area contributed by atoms with E-state index in [-0.39, 0.29) is 6.10 Å². The number of hydrogen-bond donors (Lipinski definition) is 2. The Morgan fingerprint density at radius 3 is 2.61 bits per heavy atom. The molecular formula is C21H33N5O2. The molecule has 1 aromatic carbocycles. The Bertz CT molecular complexity index is 785. The number of aliphatic imine (C=N–C) groups is 1. The molecule has 154 valence electrons. The normalized spacial score (nSPS) is 12.6. The fourth-order valence-electron chi connectivity index (χ4n) is 3.18. The number of benzene rings is 1. The van der Waals surface area contributed by atoms with Crippen molar-refractivity contribution in [3.8, 4) is 11.5 Å². The lowest BCUT2D eigenvalue weighted by molar-refractivity contribution is 0.223. The smallest absolute Gasteiger partial charge is 0.191 e. The molecule has 0 fully saturated rings. The molecule has 1 atom stereocenters. The predicted octanol–water partition coefficient (Wildman–Crippen LogP) is 2.69. The molecule has 28 heavy (non-hydrogen) atoms. The maximum Gasteiger partial charge on any atom is 0.191 e. The van der Waals surface area contributed by atoms with Gasteiger partial charge in [0.1, 0.15) is 17.6 Å². The highest BCUT2D eigenvalue weighted by molar-refractivity contribution is 5.79. The highest BCUT2D eigenvalue weighted by Gasteiger charge is 2.14. The van der Waals surface area contributed by atoms with Crippen molar-refractivity contribution in [2.45, 2.75) is 46.3 Å². The van der Waals surface area contributed by atoms with Crippen molar-refractivity contribution >= 4 is 5.96 Å². The molecule has 2 aromatic rings.